The molecule has 224 valence electrons. The van der Waals surface area contributed by atoms with E-state index < -0.39 is 0 Å². The predicted octanol–water partition coefficient (Wildman–Crippen LogP) is 4.29. The number of piperazine rings is 1. The highest BCUT2D eigenvalue weighted by Crippen LogP contribution is 2.38. The molecule has 12 heteroatoms. The number of benzene rings is 2. The molecule has 1 aromatic heterocycles. The third kappa shape index (κ3) is 8.09. The summed E-state index contributed by atoms with van der Waals surface area (Å²) < 4.78 is 11.6. The highest BCUT2D eigenvalue weighted by molar-refractivity contribution is 8.01. The van der Waals surface area contributed by atoms with Crippen LogP contribution in [0.1, 0.15) is 45.7 Å². The van der Waals surface area contributed by atoms with Crippen LogP contribution in [-0.2, 0) is 16.1 Å². The molecule has 0 bridgehead atoms. The normalized spacial score (nSPS) is 14.0. The second-order valence-electron chi connectivity index (χ2n) is 10.1. The largest absolute Gasteiger partial charge is 0.496 e. The zero-order valence-electron chi connectivity index (χ0n) is 24.6. The lowest BCUT2D eigenvalue weighted by Crippen LogP contribution is -2.50. The van der Waals surface area contributed by atoms with Gasteiger partial charge in [-0.15, -0.1) is 0 Å². The molecule has 0 radical (unpaired) electrons. The summed E-state index contributed by atoms with van der Waals surface area (Å²) in [6.07, 6.45) is 1.72. The standard InChI is InChI=1S/C30H37N5O5S2/c1-19-14-25(40-5)24(29(38)35-12-10-34(11-13-35)21(3)36)15-26(19)41-27-17-32-30(42-27)33-28(37)23-8-6-22(7-9-23)16-31-20(2)18-39-4/h6-9,14-15,17,20,31H,10-13,16,18H2,1-5H3,(H,32,33,37). The lowest BCUT2D eigenvalue weighted by Gasteiger charge is -2.34. The number of aromatic nitrogens is 1. The Labute approximate surface area is 254 Å². The molecule has 1 aliphatic heterocycles. The number of nitrogens with zero attached hydrogens (tertiary/aromatic N) is 3. The molecular formula is C30H37N5O5S2. The van der Waals surface area contributed by atoms with Crippen molar-refractivity contribution in [2.24, 2.45) is 0 Å². The molecule has 2 N–H and O–H groups in total. The Morgan fingerprint density at radius 3 is 2.40 bits per heavy atom. The summed E-state index contributed by atoms with van der Waals surface area (Å²) in [5.41, 5.74) is 3.06. The first-order valence-electron chi connectivity index (χ1n) is 13.7. The number of ether oxygens (including phenoxy) is 2. The molecule has 3 amide bonds. The molecule has 1 fully saturated rings. The SMILES string of the molecule is COCC(C)NCc1ccc(C(=O)Nc2ncc(Sc3cc(C(=O)N4CCN(C(C)=O)CC4)c(OC)cc3C)s2)cc1. The zero-order valence-corrected chi connectivity index (χ0v) is 26.2. The highest BCUT2D eigenvalue weighted by Gasteiger charge is 2.26. The van der Waals surface area contributed by atoms with Crippen LogP contribution in [0, 0.1) is 6.92 Å². The Morgan fingerprint density at radius 1 is 1.07 bits per heavy atom. The smallest absolute Gasteiger partial charge is 0.257 e. The first kappa shape index (κ1) is 31.5. The maximum absolute atomic E-state index is 13.4. The van der Waals surface area contributed by atoms with Crippen molar-refractivity contribution in [1.29, 1.82) is 0 Å². The topological polar surface area (TPSA) is 113 Å². The van der Waals surface area contributed by atoms with Crippen LogP contribution in [0.15, 0.2) is 51.7 Å². The maximum atomic E-state index is 13.4. The van der Waals surface area contributed by atoms with Gasteiger partial charge in [-0.2, -0.15) is 0 Å². The maximum Gasteiger partial charge on any atom is 0.257 e. The van der Waals surface area contributed by atoms with Crippen LogP contribution < -0.4 is 15.4 Å². The second kappa shape index (κ2) is 14.6. The number of hydrogen-bond acceptors (Lipinski definition) is 9. The Bertz CT molecular complexity index is 1400. The first-order valence-corrected chi connectivity index (χ1v) is 15.3. The third-order valence-electron chi connectivity index (χ3n) is 6.94. The number of aryl methyl sites for hydroxylation is 1. The molecule has 2 heterocycles. The number of anilines is 1. The molecule has 10 nitrogen and oxygen atoms in total. The summed E-state index contributed by atoms with van der Waals surface area (Å²) in [6, 6.07) is 11.4. The van der Waals surface area contributed by atoms with Gasteiger partial charge < -0.3 is 24.6 Å². The van der Waals surface area contributed by atoms with Gasteiger partial charge in [0.2, 0.25) is 5.91 Å². The average Bonchev–Trinajstić information content (AvgIpc) is 3.43. The summed E-state index contributed by atoms with van der Waals surface area (Å²) in [5.74, 6) is 0.176. The summed E-state index contributed by atoms with van der Waals surface area (Å²) in [6.45, 7) is 8.87. The van der Waals surface area contributed by atoms with E-state index in [4.69, 9.17) is 9.47 Å². The molecule has 1 atom stereocenters. The minimum absolute atomic E-state index is 0.0170. The number of methoxy groups -OCH3 is 2. The molecule has 1 aliphatic rings. The van der Waals surface area contributed by atoms with E-state index >= 15 is 0 Å². The average molecular weight is 612 g/mol. The van der Waals surface area contributed by atoms with Gasteiger partial charge in [0, 0.05) is 63.3 Å². The van der Waals surface area contributed by atoms with E-state index in [2.05, 4.69) is 22.5 Å². The minimum Gasteiger partial charge on any atom is -0.496 e. The van der Waals surface area contributed by atoms with E-state index in [0.717, 1.165) is 20.2 Å². The van der Waals surface area contributed by atoms with Crippen LogP contribution >= 0.6 is 23.1 Å². The van der Waals surface area contributed by atoms with Gasteiger partial charge in [-0.1, -0.05) is 35.2 Å². The number of carbonyl (C=O) groups is 3. The zero-order chi connectivity index (χ0) is 30.2. The molecule has 0 aliphatic carbocycles. The van der Waals surface area contributed by atoms with Crippen LogP contribution in [0.5, 0.6) is 5.75 Å². The van der Waals surface area contributed by atoms with E-state index in [1.165, 1.54) is 23.1 Å². The van der Waals surface area contributed by atoms with Gasteiger partial charge in [0.1, 0.15) is 5.75 Å². The van der Waals surface area contributed by atoms with Gasteiger partial charge in [0.05, 0.1) is 29.7 Å². The fourth-order valence-corrected chi connectivity index (χ4v) is 6.46. The lowest BCUT2D eigenvalue weighted by atomic mass is 10.1. The fraction of sp³-hybridized carbons (Fsp3) is 0.400. The van der Waals surface area contributed by atoms with Gasteiger partial charge >= 0.3 is 0 Å². The minimum atomic E-state index is -0.230. The highest BCUT2D eigenvalue weighted by atomic mass is 32.2. The number of hydrogen-bond donors (Lipinski definition) is 2. The van der Waals surface area contributed by atoms with Gasteiger partial charge in [0.15, 0.2) is 5.13 Å². The molecule has 4 rings (SSSR count). The van der Waals surface area contributed by atoms with E-state index in [-0.39, 0.29) is 23.8 Å². The second-order valence-corrected chi connectivity index (χ2v) is 12.5. The van der Waals surface area contributed by atoms with Crippen LogP contribution in [0.25, 0.3) is 0 Å². The summed E-state index contributed by atoms with van der Waals surface area (Å²) in [5, 5.41) is 6.75. The van der Waals surface area contributed by atoms with E-state index in [9.17, 15) is 14.4 Å². The van der Waals surface area contributed by atoms with Crippen molar-refractivity contribution >= 4 is 46.0 Å². The Kier molecular flexibility index (Phi) is 11.0. The van der Waals surface area contributed by atoms with Crippen molar-refractivity contribution in [3.8, 4) is 5.75 Å². The number of carbonyl (C=O) groups excluding carboxylic acids is 3. The summed E-state index contributed by atoms with van der Waals surface area (Å²) in [7, 11) is 3.23. The van der Waals surface area contributed by atoms with Crippen LogP contribution in [0.2, 0.25) is 0 Å². The number of rotatable bonds is 11. The van der Waals surface area contributed by atoms with Crippen molar-refractivity contribution in [3.05, 3.63) is 64.8 Å². The van der Waals surface area contributed by atoms with E-state index in [0.29, 0.717) is 61.3 Å². The van der Waals surface area contributed by atoms with Gasteiger partial charge in [-0.05, 0) is 49.2 Å². The first-order chi connectivity index (χ1) is 20.2. The molecule has 1 saturated heterocycles. The molecule has 0 saturated carbocycles. The number of thiazole rings is 1. The van der Waals surface area contributed by atoms with E-state index in [1.807, 2.05) is 31.2 Å². The van der Waals surface area contributed by atoms with Crippen molar-refractivity contribution in [2.75, 3.05) is 52.3 Å². The van der Waals surface area contributed by atoms with Crippen LogP contribution in [0.3, 0.4) is 0 Å². The van der Waals surface area contributed by atoms with Crippen molar-refractivity contribution in [1.82, 2.24) is 20.1 Å². The quantitative estimate of drug-likeness (QED) is 0.330. The monoisotopic (exact) mass is 611 g/mol. The fourth-order valence-electron chi connectivity index (χ4n) is 4.52. The molecule has 2 aromatic carbocycles. The van der Waals surface area contributed by atoms with Crippen LogP contribution in [-0.4, -0.2) is 85.6 Å². The Morgan fingerprint density at radius 2 is 1.76 bits per heavy atom. The van der Waals surface area contributed by atoms with Gasteiger partial charge in [-0.3, -0.25) is 19.7 Å². The van der Waals surface area contributed by atoms with Gasteiger partial charge in [0.25, 0.3) is 11.8 Å². The molecule has 1 unspecified atom stereocenters. The molecule has 0 spiro atoms. The van der Waals surface area contributed by atoms with E-state index in [1.54, 1.807) is 49.3 Å². The van der Waals surface area contributed by atoms with Crippen LogP contribution in [0.4, 0.5) is 5.13 Å². The third-order valence-corrected chi connectivity index (χ3v) is 9.12. The molecular weight excluding hydrogens is 574 g/mol. The Balaban J connectivity index is 1.39. The lowest BCUT2D eigenvalue weighted by molar-refractivity contribution is -0.130. The van der Waals surface area contributed by atoms with Crippen molar-refractivity contribution in [3.63, 3.8) is 0 Å². The van der Waals surface area contributed by atoms with Crippen molar-refractivity contribution in [2.45, 2.75) is 42.5 Å². The summed E-state index contributed by atoms with van der Waals surface area (Å²) >= 11 is 2.85. The Hall–Kier alpha value is -3.45. The molecule has 42 heavy (non-hydrogen) atoms. The predicted molar refractivity (Wildman–Crippen MR) is 165 cm³/mol. The number of nitrogens with one attached hydrogen (secondary N) is 2. The van der Waals surface area contributed by atoms with Crippen molar-refractivity contribution < 1.29 is 23.9 Å². The number of amides is 3. The summed E-state index contributed by atoms with van der Waals surface area (Å²) in [4.78, 5) is 46.7. The molecule has 3 aromatic rings. The van der Waals surface area contributed by atoms with Gasteiger partial charge in [-0.25, -0.2) is 4.98 Å².